The van der Waals surface area contributed by atoms with Crippen LogP contribution in [0.1, 0.15) is 24.8 Å². The second kappa shape index (κ2) is 5.14. The Labute approximate surface area is 89.6 Å². The first-order valence-electron chi connectivity index (χ1n) is 5.36. The van der Waals surface area contributed by atoms with Gasteiger partial charge >= 0.3 is 0 Å². The van der Waals surface area contributed by atoms with Gasteiger partial charge in [-0.05, 0) is 25.3 Å². The van der Waals surface area contributed by atoms with Gasteiger partial charge in [0.2, 0.25) is 0 Å². The van der Waals surface area contributed by atoms with Crippen molar-refractivity contribution in [3.8, 4) is 5.75 Å². The number of benzene rings is 1. The molecule has 1 aromatic rings. The Bertz CT molecular complexity index is 305. The molecule has 0 spiro atoms. The van der Waals surface area contributed by atoms with Gasteiger partial charge in [0.05, 0.1) is 6.61 Å². The highest BCUT2D eigenvalue weighted by Gasteiger charge is 2.14. The summed E-state index contributed by atoms with van der Waals surface area (Å²) in [5.74, 6) is 0.285. The number of phenols is 1. The number of rotatable bonds is 3. The van der Waals surface area contributed by atoms with Crippen molar-refractivity contribution in [3.05, 3.63) is 29.8 Å². The van der Waals surface area contributed by atoms with E-state index in [1.807, 2.05) is 12.1 Å². The Morgan fingerprint density at radius 2 is 2.20 bits per heavy atom. The topological polar surface area (TPSA) is 38.7 Å². The van der Waals surface area contributed by atoms with Crippen molar-refractivity contribution in [1.82, 2.24) is 0 Å². The van der Waals surface area contributed by atoms with Gasteiger partial charge in [0.15, 0.2) is 6.29 Å². The third-order valence-electron chi connectivity index (χ3n) is 2.55. The summed E-state index contributed by atoms with van der Waals surface area (Å²) in [6.07, 6.45) is 3.13. The third-order valence-corrected chi connectivity index (χ3v) is 2.55. The van der Waals surface area contributed by atoms with Crippen molar-refractivity contribution in [2.75, 3.05) is 6.61 Å². The molecule has 1 unspecified atom stereocenters. The molecule has 0 aliphatic carbocycles. The third kappa shape index (κ3) is 2.94. The molecule has 1 heterocycles. The van der Waals surface area contributed by atoms with Crippen LogP contribution >= 0.6 is 0 Å². The Balaban J connectivity index is 1.84. The summed E-state index contributed by atoms with van der Waals surface area (Å²) in [7, 11) is 0. The van der Waals surface area contributed by atoms with Gasteiger partial charge < -0.3 is 14.6 Å². The molecule has 1 aliphatic rings. The standard InChI is InChI=1S/C12H16O3/c13-11-6-2-1-5-10(11)9-15-12-7-3-4-8-14-12/h1-2,5-6,12-13H,3-4,7-9H2. The van der Waals surface area contributed by atoms with Crippen LogP contribution < -0.4 is 0 Å². The first-order chi connectivity index (χ1) is 7.36. The van der Waals surface area contributed by atoms with Gasteiger partial charge in [-0.1, -0.05) is 18.2 Å². The molecule has 1 aliphatic heterocycles. The minimum atomic E-state index is -0.0987. The van der Waals surface area contributed by atoms with Crippen LogP contribution in [0.2, 0.25) is 0 Å². The lowest BCUT2D eigenvalue weighted by Gasteiger charge is -2.22. The lowest BCUT2D eigenvalue weighted by Crippen LogP contribution is -2.21. The van der Waals surface area contributed by atoms with Crippen molar-refractivity contribution >= 4 is 0 Å². The van der Waals surface area contributed by atoms with E-state index in [9.17, 15) is 5.11 Å². The fourth-order valence-electron chi connectivity index (χ4n) is 1.66. The Morgan fingerprint density at radius 1 is 1.33 bits per heavy atom. The molecule has 0 bridgehead atoms. The second-order valence-electron chi connectivity index (χ2n) is 3.74. The van der Waals surface area contributed by atoms with Crippen molar-refractivity contribution in [2.45, 2.75) is 32.2 Å². The lowest BCUT2D eigenvalue weighted by atomic mass is 10.2. The second-order valence-corrected chi connectivity index (χ2v) is 3.74. The average Bonchev–Trinajstić information content (AvgIpc) is 2.29. The summed E-state index contributed by atoms with van der Waals surface area (Å²) in [6.45, 7) is 1.20. The van der Waals surface area contributed by atoms with Crippen LogP contribution in [0.25, 0.3) is 0 Å². The summed E-state index contributed by atoms with van der Waals surface area (Å²) < 4.78 is 11.0. The summed E-state index contributed by atoms with van der Waals surface area (Å²) in [5, 5.41) is 9.52. The van der Waals surface area contributed by atoms with Gasteiger partial charge in [0.1, 0.15) is 5.75 Å². The molecule has 1 aromatic carbocycles. The summed E-state index contributed by atoms with van der Waals surface area (Å²) >= 11 is 0. The lowest BCUT2D eigenvalue weighted by molar-refractivity contribution is -0.169. The zero-order valence-corrected chi connectivity index (χ0v) is 8.69. The van der Waals surface area contributed by atoms with E-state index < -0.39 is 0 Å². The molecule has 1 N–H and O–H groups in total. The van der Waals surface area contributed by atoms with Crippen molar-refractivity contribution < 1.29 is 14.6 Å². The van der Waals surface area contributed by atoms with Crippen LogP contribution in [0.3, 0.4) is 0 Å². The Hall–Kier alpha value is -1.06. The van der Waals surface area contributed by atoms with Crippen molar-refractivity contribution in [2.24, 2.45) is 0 Å². The number of para-hydroxylation sites is 1. The molecule has 15 heavy (non-hydrogen) atoms. The van der Waals surface area contributed by atoms with Gasteiger partial charge in [-0.3, -0.25) is 0 Å². The number of ether oxygens (including phenoxy) is 2. The number of aromatic hydroxyl groups is 1. The van der Waals surface area contributed by atoms with E-state index in [2.05, 4.69) is 0 Å². The van der Waals surface area contributed by atoms with E-state index in [-0.39, 0.29) is 12.0 Å². The zero-order chi connectivity index (χ0) is 10.5. The quantitative estimate of drug-likeness (QED) is 0.829. The van der Waals surface area contributed by atoms with Gasteiger partial charge in [0.25, 0.3) is 0 Å². The van der Waals surface area contributed by atoms with Crippen LogP contribution in [0.4, 0.5) is 0 Å². The van der Waals surface area contributed by atoms with Gasteiger partial charge in [-0.15, -0.1) is 0 Å². The maximum Gasteiger partial charge on any atom is 0.158 e. The van der Waals surface area contributed by atoms with Gasteiger partial charge in [0, 0.05) is 12.2 Å². The minimum absolute atomic E-state index is 0.0987. The summed E-state index contributed by atoms with van der Waals surface area (Å²) in [5.41, 5.74) is 0.812. The van der Waals surface area contributed by atoms with Crippen LogP contribution in [-0.2, 0) is 16.1 Å². The molecule has 2 rings (SSSR count). The van der Waals surface area contributed by atoms with Crippen LogP contribution in [0, 0.1) is 0 Å². The molecule has 3 heteroatoms. The Morgan fingerprint density at radius 3 is 2.93 bits per heavy atom. The van der Waals surface area contributed by atoms with E-state index in [0.29, 0.717) is 6.61 Å². The smallest absolute Gasteiger partial charge is 0.158 e. The fourth-order valence-corrected chi connectivity index (χ4v) is 1.66. The van der Waals surface area contributed by atoms with Gasteiger partial charge in [-0.25, -0.2) is 0 Å². The molecule has 1 fully saturated rings. The zero-order valence-electron chi connectivity index (χ0n) is 8.69. The Kier molecular flexibility index (Phi) is 3.59. The molecule has 0 saturated carbocycles. The highest BCUT2D eigenvalue weighted by atomic mass is 16.7. The van der Waals surface area contributed by atoms with Crippen molar-refractivity contribution in [1.29, 1.82) is 0 Å². The molecule has 1 atom stereocenters. The normalized spacial score (nSPS) is 21.5. The predicted molar refractivity (Wildman–Crippen MR) is 56.5 cm³/mol. The molecule has 0 radical (unpaired) electrons. The van der Waals surface area contributed by atoms with Crippen molar-refractivity contribution in [3.63, 3.8) is 0 Å². The molecule has 82 valence electrons. The minimum Gasteiger partial charge on any atom is -0.508 e. The molecule has 0 amide bonds. The molecular weight excluding hydrogens is 192 g/mol. The maximum atomic E-state index is 9.52. The van der Waals surface area contributed by atoms with E-state index in [0.717, 1.165) is 31.4 Å². The van der Waals surface area contributed by atoms with E-state index in [4.69, 9.17) is 9.47 Å². The van der Waals surface area contributed by atoms with E-state index in [1.165, 1.54) is 0 Å². The number of phenolic OH excluding ortho intramolecular Hbond substituents is 1. The molecule has 0 aromatic heterocycles. The number of hydrogen-bond donors (Lipinski definition) is 1. The SMILES string of the molecule is Oc1ccccc1COC1CCCCO1. The highest BCUT2D eigenvalue weighted by molar-refractivity contribution is 5.30. The number of hydrogen-bond acceptors (Lipinski definition) is 3. The predicted octanol–water partition coefficient (Wildman–Crippen LogP) is 2.44. The average molecular weight is 208 g/mol. The van der Waals surface area contributed by atoms with Gasteiger partial charge in [-0.2, -0.15) is 0 Å². The molecule has 1 saturated heterocycles. The van der Waals surface area contributed by atoms with E-state index in [1.54, 1.807) is 12.1 Å². The van der Waals surface area contributed by atoms with Crippen LogP contribution in [-0.4, -0.2) is 18.0 Å². The largest absolute Gasteiger partial charge is 0.508 e. The maximum absolute atomic E-state index is 9.52. The summed E-state index contributed by atoms with van der Waals surface area (Å²) in [6, 6.07) is 7.22. The van der Waals surface area contributed by atoms with E-state index >= 15 is 0 Å². The molecule has 3 nitrogen and oxygen atoms in total. The summed E-state index contributed by atoms with van der Waals surface area (Å²) in [4.78, 5) is 0. The fraction of sp³-hybridized carbons (Fsp3) is 0.500. The van der Waals surface area contributed by atoms with Crippen LogP contribution in [0.5, 0.6) is 5.75 Å². The molecular formula is C12H16O3. The van der Waals surface area contributed by atoms with Crippen LogP contribution in [0.15, 0.2) is 24.3 Å². The first-order valence-corrected chi connectivity index (χ1v) is 5.36. The monoisotopic (exact) mass is 208 g/mol. The highest BCUT2D eigenvalue weighted by Crippen LogP contribution is 2.20. The first kappa shape index (κ1) is 10.5.